The molecule has 0 radical (unpaired) electrons. The lowest BCUT2D eigenvalue weighted by Gasteiger charge is -2.44. The molecule has 0 aliphatic carbocycles. The lowest BCUT2D eigenvalue weighted by molar-refractivity contribution is 0.0213. The first-order valence-electron chi connectivity index (χ1n) is 4.45. The molecule has 0 aromatic rings. The van der Waals surface area contributed by atoms with Gasteiger partial charge in [0.15, 0.2) is 0 Å². The summed E-state index contributed by atoms with van der Waals surface area (Å²) in [6.45, 7) is 5.09. The third-order valence-corrected chi connectivity index (χ3v) is 2.69. The van der Waals surface area contributed by atoms with Crippen LogP contribution in [0.25, 0.3) is 0 Å². The molecular formula is C8H16N2O. The molecule has 1 spiro atoms. The van der Waals surface area contributed by atoms with Crippen molar-refractivity contribution in [1.82, 2.24) is 10.6 Å². The van der Waals surface area contributed by atoms with Crippen LogP contribution in [0.2, 0.25) is 0 Å². The summed E-state index contributed by atoms with van der Waals surface area (Å²) in [5.41, 5.74) is 0.341. The largest absolute Gasteiger partial charge is 0.378 e. The highest BCUT2D eigenvalue weighted by Gasteiger charge is 2.36. The lowest BCUT2D eigenvalue weighted by atomic mass is 9.85. The van der Waals surface area contributed by atoms with Gasteiger partial charge in [-0.2, -0.15) is 0 Å². The molecule has 0 amide bonds. The molecule has 0 saturated carbocycles. The summed E-state index contributed by atoms with van der Waals surface area (Å²) in [5.74, 6) is 0. The second-order valence-electron chi connectivity index (χ2n) is 3.51. The Morgan fingerprint density at radius 1 is 1.09 bits per heavy atom. The van der Waals surface area contributed by atoms with Gasteiger partial charge in [-0.05, 0) is 25.9 Å². The topological polar surface area (TPSA) is 33.3 Å². The average Bonchev–Trinajstić information content (AvgIpc) is 1.82. The Morgan fingerprint density at radius 3 is 2.73 bits per heavy atom. The van der Waals surface area contributed by atoms with Crippen molar-refractivity contribution in [2.24, 2.45) is 0 Å². The maximum absolute atomic E-state index is 5.51. The quantitative estimate of drug-likeness (QED) is 0.506. The first-order chi connectivity index (χ1) is 5.41. The Labute approximate surface area is 67.5 Å². The van der Waals surface area contributed by atoms with Crippen LogP contribution in [-0.2, 0) is 4.74 Å². The minimum atomic E-state index is 0.341. The zero-order valence-corrected chi connectivity index (χ0v) is 6.86. The van der Waals surface area contributed by atoms with Crippen molar-refractivity contribution < 1.29 is 4.74 Å². The summed E-state index contributed by atoms with van der Waals surface area (Å²) in [7, 11) is 0. The Bertz CT molecular complexity index is 124. The highest BCUT2D eigenvalue weighted by Crippen LogP contribution is 2.23. The van der Waals surface area contributed by atoms with Crippen molar-refractivity contribution in [3.8, 4) is 0 Å². The monoisotopic (exact) mass is 156 g/mol. The number of hydrogen-bond donors (Lipinski definition) is 2. The van der Waals surface area contributed by atoms with Gasteiger partial charge in [-0.3, -0.25) is 0 Å². The molecule has 1 atom stereocenters. The van der Waals surface area contributed by atoms with E-state index in [1.807, 2.05) is 0 Å². The Hall–Kier alpha value is -0.120. The second-order valence-corrected chi connectivity index (χ2v) is 3.51. The molecule has 2 saturated heterocycles. The van der Waals surface area contributed by atoms with E-state index in [1.165, 1.54) is 19.4 Å². The van der Waals surface area contributed by atoms with Crippen molar-refractivity contribution in [1.29, 1.82) is 0 Å². The molecule has 2 fully saturated rings. The van der Waals surface area contributed by atoms with Crippen molar-refractivity contribution >= 4 is 0 Å². The number of rotatable bonds is 0. The van der Waals surface area contributed by atoms with Crippen LogP contribution in [0.5, 0.6) is 0 Å². The molecule has 1 unspecified atom stereocenters. The summed E-state index contributed by atoms with van der Waals surface area (Å²) in [6, 6.07) is 0. The lowest BCUT2D eigenvalue weighted by Crippen LogP contribution is -2.61. The van der Waals surface area contributed by atoms with Gasteiger partial charge in [0, 0.05) is 12.1 Å². The molecule has 0 aromatic heterocycles. The summed E-state index contributed by atoms with van der Waals surface area (Å²) >= 11 is 0. The molecule has 2 aliphatic heterocycles. The molecule has 3 nitrogen and oxygen atoms in total. The summed E-state index contributed by atoms with van der Waals surface area (Å²) in [5, 5.41) is 6.81. The molecule has 2 N–H and O–H groups in total. The van der Waals surface area contributed by atoms with Crippen LogP contribution in [0.4, 0.5) is 0 Å². The molecule has 2 aliphatic rings. The molecule has 0 aromatic carbocycles. The van der Waals surface area contributed by atoms with Crippen LogP contribution in [0.1, 0.15) is 12.8 Å². The van der Waals surface area contributed by atoms with Crippen molar-refractivity contribution in [3.05, 3.63) is 0 Å². The van der Waals surface area contributed by atoms with Gasteiger partial charge in [-0.25, -0.2) is 0 Å². The molecular weight excluding hydrogens is 140 g/mol. The fraction of sp³-hybridized carbons (Fsp3) is 1.00. The van der Waals surface area contributed by atoms with Crippen LogP contribution < -0.4 is 10.6 Å². The normalized spacial score (nSPS) is 39.3. The third kappa shape index (κ3) is 1.55. The predicted molar refractivity (Wildman–Crippen MR) is 43.7 cm³/mol. The average molecular weight is 156 g/mol. The number of hydrogen-bond acceptors (Lipinski definition) is 3. The van der Waals surface area contributed by atoms with E-state index < -0.39 is 0 Å². The van der Waals surface area contributed by atoms with E-state index in [1.54, 1.807) is 0 Å². The second kappa shape index (κ2) is 3.09. The van der Waals surface area contributed by atoms with Gasteiger partial charge in [-0.1, -0.05) is 0 Å². The molecule has 3 heteroatoms. The molecule has 2 rings (SSSR count). The van der Waals surface area contributed by atoms with Crippen LogP contribution in [0, 0.1) is 0 Å². The van der Waals surface area contributed by atoms with E-state index in [2.05, 4.69) is 10.6 Å². The molecule has 11 heavy (non-hydrogen) atoms. The molecule has 2 heterocycles. The van der Waals surface area contributed by atoms with Gasteiger partial charge in [0.25, 0.3) is 0 Å². The van der Waals surface area contributed by atoms with Gasteiger partial charge in [0.05, 0.1) is 13.2 Å². The van der Waals surface area contributed by atoms with Crippen molar-refractivity contribution in [2.45, 2.75) is 18.4 Å². The SMILES string of the molecule is C1COCC2(CCN1)CCN2. The minimum Gasteiger partial charge on any atom is -0.378 e. The summed E-state index contributed by atoms with van der Waals surface area (Å²) in [6.07, 6.45) is 2.50. The van der Waals surface area contributed by atoms with Gasteiger partial charge >= 0.3 is 0 Å². The number of nitrogens with one attached hydrogen (secondary N) is 2. The maximum atomic E-state index is 5.51. The van der Waals surface area contributed by atoms with Crippen molar-refractivity contribution in [3.63, 3.8) is 0 Å². The first-order valence-corrected chi connectivity index (χ1v) is 4.45. The first kappa shape index (κ1) is 7.53. The standard InChI is InChI=1S/C8H16N2O/c1-3-9-5-6-11-7-8(1)2-4-10-8/h9-10H,1-7H2. The Morgan fingerprint density at radius 2 is 2.00 bits per heavy atom. The zero-order valence-electron chi connectivity index (χ0n) is 6.86. The Balaban J connectivity index is 1.86. The Kier molecular flexibility index (Phi) is 2.11. The highest BCUT2D eigenvalue weighted by molar-refractivity contribution is 4.97. The van der Waals surface area contributed by atoms with E-state index in [0.717, 1.165) is 26.3 Å². The summed E-state index contributed by atoms with van der Waals surface area (Å²) in [4.78, 5) is 0. The highest BCUT2D eigenvalue weighted by atomic mass is 16.5. The van der Waals surface area contributed by atoms with Gasteiger partial charge in [0.2, 0.25) is 0 Å². The predicted octanol–water partition coefficient (Wildman–Crippen LogP) is -0.272. The van der Waals surface area contributed by atoms with Gasteiger partial charge in [-0.15, -0.1) is 0 Å². The maximum Gasteiger partial charge on any atom is 0.0649 e. The van der Waals surface area contributed by atoms with Gasteiger partial charge < -0.3 is 15.4 Å². The number of ether oxygens (including phenoxy) is 1. The third-order valence-electron chi connectivity index (χ3n) is 2.69. The smallest absolute Gasteiger partial charge is 0.0649 e. The van der Waals surface area contributed by atoms with E-state index >= 15 is 0 Å². The minimum absolute atomic E-state index is 0.341. The molecule has 0 bridgehead atoms. The zero-order chi connectivity index (χ0) is 7.57. The fourth-order valence-corrected chi connectivity index (χ4v) is 1.75. The molecule has 64 valence electrons. The van der Waals surface area contributed by atoms with E-state index in [-0.39, 0.29) is 0 Å². The van der Waals surface area contributed by atoms with E-state index in [4.69, 9.17) is 4.74 Å². The van der Waals surface area contributed by atoms with Crippen molar-refractivity contribution in [2.75, 3.05) is 32.8 Å². The van der Waals surface area contributed by atoms with Gasteiger partial charge in [0.1, 0.15) is 0 Å². The van der Waals surface area contributed by atoms with E-state index in [0.29, 0.717) is 5.54 Å². The van der Waals surface area contributed by atoms with E-state index in [9.17, 15) is 0 Å². The summed E-state index contributed by atoms with van der Waals surface area (Å²) < 4.78 is 5.51. The van der Waals surface area contributed by atoms with Crippen LogP contribution in [-0.4, -0.2) is 38.4 Å². The van der Waals surface area contributed by atoms with Crippen LogP contribution >= 0.6 is 0 Å². The van der Waals surface area contributed by atoms with Crippen LogP contribution in [0.15, 0.2) is 0 Å². The van der Waals surface area contributed by atoms with Crippen LogP contribution in [0.3, 0.4) is 0 Å². The fourth-order valence-electron chi connectivity index (χ4n) is 1.75.